The van der Waals surface area contributed by atoms with Crippen LogP contribution in [0.1, 0.15) is 5.56 Å². The van der Waals surface area contributed by atoms with Crippen molar-refractivity contribution in [3.8, 4) is 23.3 Å². The van der Waals surface area contributed by atoms with Gasteiger partial charge in [-0.15, -0.1) is 0 Å². The molecule has 0 aliphatic rings. The second-order valence-corrected chi connectivity index (χ2v) is 5.39. The van der Waals surface area contributed by atoms with Crippen molar-refractivity contribution in [1.29, 1.82) is 5.26 Å². The maximum absolute atomic E-state index is 13.6. The van der Waals surface area contributed by atoms with E-state index in [-0.39, 0.29) is 23.4 Å². The van der Waals surface area contributed by atoms with Gasteiger partial charge in [-0.3, -0.25) is 9.36 Å². The van der Waals surface area contributed by atoms with Gasteiger partial charge in [-0.05, 0) is 36.4 Å². The van der Waals surface area contributed by atoms with Crippen LogP contribution >= 0.6 is 0 Å². The van der Waals surface area contributed by atoms with Crippen molar-refractivity contribution in [2.45, 2.75) is 0 Å². The van der Waals surface area contributed by atoms with E-state index in [9.17, 15) is 9.18 Å². The van der Waals surface area contributed by atoms with Gasteiger partial charge in [0.2, 0.25) is 0 Å². The molecule has 0 bridgehead atoms. The number of hydrogen-bond donors (Lipinski definition) is 0. The van der Waals surface area contributed by atoms with Crippen molar-refractivity contribution in [3.63, 3.8) is 0 Å². The first-order valence-corrected chi connectivity index (χ1v) is 7.90. The largest absolute Gasteiger partial charge is 0.490 e. The van der Waals surface area contributed by atoms with Gasteiger partial charge in [0.1, 0.15) is 30.5 Å². The van der Waals surface area contributed by atoms with Gasteiger partial charge in [0.25, 0.3) is 5.56 Å². The topological polar surface area (TPSA) is 64.2 Å². The molecule has 0 saturated carbocycles. The Balaban J connectivity index is 1.65. The Kier molecular flexibility index (Phi) is 5.30. The van der Waals surface area contributed by atoms with Crippen molar-refractivity contribution < 1.29 is 13.9 Å². The molecule has 0 atom stereocenters. The van der Waals surface area contributed by atoms with E-state index in [1.54, 1.807) is 6.07 Å². The van der Waals surface area contributed by atoms with Gasteiger partial charge in [0.05, 0.1) is 17.3 Å². The van der Waals surface area contributed by atoms with Crippen molar-refractivity contribution in [1.82, 2.24) is 4.57 Å². The van der Waals surface area contributed by atoms with Gasteiger partial charge in [-0.25, -0.2) is 4.39 Å². The Hall–Kier alpha value is -3.59. The van der Waals surface area contributed by atoms with Crippen LogP contribution in [0.3, 0.4) is 0 Å². The van der Waals surface area contributed by atoms with Crippen molar-refractivity contribution >= 4 is 0 Å². The molecule has 0 amide bonds. The lowest BCUT2D eigenvalue weighted by Gasteiger charge is -2.10. The predicted octanol–water partition coefficient (Wildman–Crippen LogP) is 3.31. The van der Waals surface area contributed by atoms with E-state index in [1.165, 1.54) is 29.0 Å². The first-order chi connectivity index (χ1) is 12.7. The number of halogens is 1. The fraction of sp³-hybridized carbons (Fsp3) is 0.100. The highest BCUT2D eigenvalue weighted by Crippen LogP contribution is 2.14. The average Bonchev–Trinajstić information content (AvgIpc) is 2.65. The molecule has 1 heterocycles. The molecule has 0 saturated heterocycles. The molecule has 5 nitrogen and oxygen atoms in total. The monoisotopic (exact) mass is 350 g/mol. The number of pyridine rings is 1. The zero-order chi connectivity index (χ0) is 18.4. The SMILES string of the molecule is N#Cc1cc(F)cc(-n2ccc(OCCOc3ccccc3)cc2=O)c1. The summed E-state index contributed by atoms with van der Waals surface area (Å²) in [6.45, 7) is 0.611. The summed E-state index contributed by atoms with van der Waals surface area (Å²) in [6, 6.07) is 17.8. The quantitative estimate of drug-likeness (QED) is 0.640. The maximum atomic E-state index is 13.6. The number of rotatable bonds is 6. The lowest BCUT2D eigenvalue weighted by molar-refractivity contribution is 0.217. The molecular formula is C20H15FN2O3. The second-order valence-electron chi connectivity index (χ2n) is 5.39. The van der Waals surface area contributed by atoms with E-state index in [2.05, 4.69) is 0 Å². The Morgan fingerprint density at radius 1 is 0.962 bits per heavy atom. The molecule has 6 heteroatoms. The van der Waals surface area contributed by atoms with Crippen molar-refractivity contribution in [3.05, 3.63) is 88.6 Å². The highest BCUT2D eigenvalue weighted by atomic mass is 19.1. The summed E-state index contributed by atoms with van der Waals surface area (Å²) in [5.74, 6) is 0.551. The van der Waals surface area contributed by atoms with E-state index < -0.39 is 5.82 Å². The maximum Gasteiger partial charge on any atom is 0.258 e. The minimum atomic E-state index is -0.579. The number of para-hydroxylation sites is 1. The van der Waals surface area contributed by atoms with Crippen molar-refractivity contribution in [2.75, 3.05) is 13.2 Å². The van der Waals surface area contributed by atoms with E-state index in [0.29, 0.717) is 12.4 Å². The molecule has 0 fully saturated rings. The van der Waals surface area contributed by atoms with Gasteiger partial charge in [-0.2, -0.15) is 5.26 Å². The van der Waals surface area contributed by atoms with Crippen LogP contribution in [-0.4, -0.2) is 17.8 Å². The number of ether oxygens (including phenoxy) is 2. The third kappa shape index (κ3) is 4.28. The van der Waals surface area contributed by atoms with E-state index in [1.807, 2.05) is 36.4 Å². The Bertz CT molecular complexity index is 994. The predicted molar refractivity (Wildman–Crippen MR) is 94.1 cm³/mol. The van der Waals surface area contributed by atoms with E-state index in [0.717, 1.165) is 11.8 Å². The smallest absolute Gasteiger partial charge is 0.258 e. The summed E-state index contributed by atoms with van der Waals surface area (Å²) in [5.41, 5.74) is 0.0387. The lowest BCUT2D eigenvalue weighted by atomic mass is 10.2. The van der Waals surface area contributed by atoms with Crippen LogP contribution in [0.4, 0.5) is 4.39 Å². The fourth-order valence-corrected chi connectivity index (χ4v) is 2.38. The van der Waals surface area contributed by atoms with Crippen LogP contribution < -0.4 is 15.0 Å². The molecule has 26 heavy (non-hydrogen) atoms. The number of aromatic nitrogens is 1. The molecular weight excluding hydrogens is 335 g/mol. The van der Waals surface area contributed by atoms with E-state index in [4.69, 9.17) is 14.7 Å². The molecule has 0 radical (unpaired) electrons. The summed E-state index contributed by atoms with van der Waals surface area (Å²) in [5, 5.41) is 8.91. The Morgan fingerprint density at radius 3 is 2.38 bits per heavy atom. The third-order valence-electron chi connectivity index (χ3n) is 3.54. The van der Waals surface area contributed by atoms with Gasteiger partial charge >= 0.3 is 0 Å². The van der Waals surface area contributed by atoms with Crippen molar-refractivity contribution in [2.24, 2.45) is 0 Å². The van der Waals surface area contributed by atoms with Gasteiger partial charge < -0.3 is 9.47 Å². The molecule has 0 unspecified atom stereocenters. The Morgan fingerprint density at radius 2 is 1.69 bits per heavy atom. The fourth-order valence-electron chi connectivity index (χ4n) is 2.38. The second kappa shape index (κ2) is 7.99. The standard InChI is InChI=1S/C20H15FN2O3/c21-16-10-15(14-22)11-17(12-16)23-7-6-19(13-20(23)24)26-9-8-25-18-4-2-1-3-5-18/h1-7,10-13H,8-9H2. The van der Waals surface area contributed by atoms with E-state index >= 15 is 0 Å². The zero-order valence-electron chi connectivity index (χ0n) is 13.8. The average molecular weight is 350 g/mol. The highest BCUT2D eigenvalue weighted by molar-refractivity contribution is 5.42. The zero-order valence-corrected chi connectivity index (χ0v) is 13.8. The van der Waals surface area contributed by atoms with Crippen LogP contribution in [0.25, 0.3) is 5.69 Å². The molecule has 0 aliphatic heterocycles. The summed E-state index contributed by atoms with van der Waals surface area (Å²) < 4.78 is 25.8. The summed E-state index contributed by atoms with van der Waals surface area (Å²) in [7, 11) is 0. The highest BCUT2D eigenvalue weighted by Gasteiger charge is 2.06. The van der Waals surface area contributed by atoms with Gasteiger partial charge in [0.15, 0.2) is 0 Å². The molecule has 2 aromatic carbocycles. The number of nitriles is 1. The summed E-state index contributed by atoms with van der Waals surface area (Å²) in [6.07, 6.45) is 1.48. The Labute approximate surface area is 149 Å². The van der Waals surface area contributed by atoms with Crippen LogP contribution in [-0.2, 0) is 0 Å². The molecule has 0 N–H and O–H groups in total. The molecule has 1 aromatic heterocycles. The van der Waals surface area contributed by atoms with Crippen LogP contribution in [0.5, 0.6) is 11.5 Å². The number of hydrogen-bond acceptors (Lipinski definition) is 4. The summed E-state index contributed by atoms with van der Waals surface area (Å²) in [4.78, 5) is 12.3. The summed E-state index contributed by atoms with van der Waals surface area (Å²) >= 11 is 0. The number of benzene rings is 2. The minimum Gasteiger partial charge on any atom is -0.490 e. The van der Waals surface area contributed by atoms with Crippen LogP contribution in [0, 0.1) is 17.1 Å². The number of nitrogens with zero attached hydrogens (tertiary/aromatic N) is 2. The lowest BCUT2D eigenvalue weighted by Crippen LogP contribution is -2.18. The van der Waals surface area contributed by atoms with Crippen LogP contribution in [0.2, 0.25) is 0 Å². The third-order valence-corrected chi connectivity index (χ3v) is 3.54. The first-order valence-electron chi connectivity index (χ1n) is 7.90. The minimum absolute atomic E-state index is 0.144. The normalized spacial score (nSPS) is 10.2. The molecule has 3 aromatic rings. The molecule has 3 rings (SSSR count). The first kappa shape index (κ1) is 17.2. The van der Waals surface area contributed by atoms with Gasteiger partial charge in [-0.1, -0.05) is 18.2 Å². The molecule has 130 valence electrons. The molecule has 0 spiro atoms. The van der Waals surface area contributed by atoms with Crippen LogP contribution in [0.15, 0.2) is 71.7 Å². The molecule has 0 aliphatic carbocycles. The van der Waals surface area contributed by atoms with Gasteiger partial charge in [0, 0.05) is 12.3 Å².